The number of nitrogens with one attached hydrogen (secondary N) is 1. The van der Waals surface area contributed by atoms with E-state index in [0.29, 0.717) is 24.5 Å². The first-order chi connectivity index (χ1) is 17.5. The molecule has 36 heavy (non-hydrogen) atoms. The van der Waals surface area contributed by atoms with Gasteiger partial charge in [-0.1, -0.05) is 55.3 Å². The van der Waals surface area contributed by atoms with E-state index in [-0.39, 0.29) is 11.3 Å². The molecule has 2 aliphatic heterocycles. The van der Waals surface area contributed by atoms with E-state index in [9.17, 15) is 14.7 Å². The van der Waals surface area contributed by atoms with Crippen LogP contribution in [0.3, 0.4) is 0 Å². The number of benzene rings is 2. The predicted molar refractivity (Wildman–Crippen MR) is 138 cm³/mol. The van der Waals surface area contributed by atoms with Crippen molar-refractivity contribution in [3.8, 4) is 5.75 Å². The molecule has 4 rings (SSSR count). The SMILES string of the molecule is CCCCOc1cccc([C@@H]2C(=C(O)c3ccc(C)cc3)C(=O)C(=O)N2CCC[NH+]2CCOCC2)c1. The quantitative estimate of drug-likeness (QED) is 0.230. The molecule has 0 unspecified atom stereocenters. The van der Waals surface area contributed by atoms with Crippen LogP contribution in [0.25, 0.3) is 5.76 Å². The number of nitrogens with zero attached hydrogens (tertiary/aromatic N) is 1. The Morgan fingerprint density at radius 2 is 1.86 bits per heavy atom. The molecule has 0 spiro atoms. The summed E-state index contributed by atoms with van der Waals surface area (Å²) in [6.45, 7) is 9.41. The van der Waals surface area contributed by atoms with Crippen LogP contribution in [0, 0.1) is 6.92 Å². The number of quaternary nitrogens is 1. The number of carbonyl (C=O) groups excluding carboxylic acids is 2. The van der Waals surface area contributed by atoms with Gasteiger partial charge in [0.15, 0.2) is 0 Å². The van der Waals surface area contributed by atoms with Gasteiger partial charge in [0.1, 0.15) is 24.6 Å². The van der Waals surface area contributed by atoms with E-state index in [1.165, 1.54) is 4.90 Å². The molecule has 2 N–H and O–H groups in total. The minimum absolute atomic E-state index is 0.133. The second kappa shape index (κ2) is 12.2. The normalized spacial score (nSPS) is 20.2. The molecule has 2 heterocycles. The number of hydrogen-bond donors (Lipinski definition) is 2. The standard InChI is InChI=1S/C29H36N2O5/c1-3-4-17-36-24-8-5-7-23(20-24)26-25(27(32)22-11-9-21(2)10-12-22)28(33)29(34)31(26)14-6-13-30-15-18-35-19-16-30/h5,7-12,20,26,32H,3-4,6,13-19H2,1-2H3/p+1/t26-/m1/s1. The Balaban J connectivity index is 1.66. The molecule has 1 amide bonds. The van der Waals surface area contributed by atoms with Crippen molar-refractivity contribution in [2.75, 3.05) is 46.0 Å². The number of hydrogen-bond acceptors (Lipinski definition) is 5. The molecule has 7 nitrogen and oxygen atoms in total. The molecule has 0 radical (unpaired) electrons. The average molecular weight is 494 g/mol. The highest BCUT2D eigenvalue weighted by Gasteiger charge is 2.46. The third-order valence-corrected chi connectivity index (χ3v) is 6.93. The lowest BCUT2D eigenvalue weighted by Crippen LogP contribution is -3.14. The topological polar surface area (TPSA) is 80.5 Å². The number of amides is 1. The van der Waals surface area contributed by atoms with Gasteiger partial charge in [-0.2, -0.15) is 0 Å². The fourth-order valence-electron chi connectivity index (χ4n) is 4.84. The lowest BCUT2D eigenvalue weighted by Gasteiger charge is -2.27. The van der Waals surface area contributed by atoms with E-state index in [4.69, 9.17) is 9.47 Å². The lowest BCUT2D eigenvalue weighted by molar-refractivity contribution is -0.908. The number of likely N-dealkylation sites (tertiary alicyclic amines) is 1. The first-order valence-corrected chi connectivity index (χ1v) is 13.0. The van der Waals surface area contributed by atoms with Gasteiger partial charge in [0, 0.05) is 18.5 Å². The van der Waals surface area contributed by atoms with Crippen LogP contribution < -0.4 is 9.64 Å². The van der Waals surface area contributed by atoms with E-state index in [2.05, 4.69) is 6.92 Å². The third-order valence-electron chi connectivity index (χ3n) is 6.93. The molecule has 0 bridgehead atoms. The van der Waals surface area contributed by atoms with Crippen LogP contribution in [0.2, 0.25) is 0 Å². The Labute approximate surface area is 213 Å². The first-order valence-electron chi connectivity index (χ1n) is 13.0. The van der Waals surface area contributed by atoms with Crippen molar-refractivity contribution >= 4 is 17.4 Å². The fourth-order valence-corrected chi connectivity index (χ4v) is 4.84. The number of aliphatic hydroxyl groups is 1. The summed E-state index contributed by atoms with van der Waals surface area (Å²) >= 11 is 0. The second-order valence-corrected chi connectivity index (χ2v) is 9.60. The Morgan fingerprint density at radius 3 is 2.58 bits per heavy atom. The number of unbranched alkanes of at least 4 members (excludes halogenated alkanes) is 1. The number of rotatable bonds is 10. The van der Waals surface area contributed by atoms with E-state index < -0.39 is 17.7 Å². The molecular formula is C29H37N2O5+. The summed E-state index contributed by atoms with van der Waals surface area (Å²) in [6, 6.07) is 14.2. The van der Waals surface area contributed by atoms with Crippen LogP contribution in [0.15, 0.2) is 54.1 Å². The number of morpholine rings is 1. The molecule has 0 saturated carbocycles. The highest BCUT2D eigenvalue weighted by atomic mass is 16.5. The fraction of sp³-hybridized carbons (Fsp3) is 0.448. The van der Waals surface area contributed by atoms with Gasteiger partial charge in [0.2, 0.25) is 0 Å². The number of ether oxygens (including phenoxy) is 2. The van der Waals surface area contributed by atoms with Crippen LogP contribution in [0.1, 0.15) is 48.9 Å². The van der Waals surface area contributed by atoms with Gasteiger partial charge in [-0.25, -0.2) is 0 Å². The smallest absolute Gasteiger partial charge is 0.295 e. The molecular weight excluding hydrogens is 456 g/mol. The third kappa shape index (κ3) is 5.97. The maximum atomic E-state index is 13.3. The Morgan fingerprint density at radius 1 is 1.11 bits per heavy atom. The lowest BCUT2D eigenvalue weighted by atomic mass is 9.95. The molecule has 7 heteroatoms. The van der Waals surface area contributed by atoms with Crippen molar-refractivity contribution in [2.24, 2.45) is 0 Å². The summed E-state index contributed by atoms with van der Waals surface area (Å²) in [5.41, 5.74) is 2.46. The van der Waals surface area contributed by atoms with E-state index in [1.807, 2.05) is 43.3 Å². The maximum Gasteiger partial charge on any atom is 0.295 e. The van der Waals surface area contributed by atoms with Crippen molar-refractivity contribution in [2.45, 2.75) is 39.2 Å². The number of ketones is 1. The minimum atomic E-state index is -0.666. The summed E-state index contributed by atoms with van der Waals surface area (Å²) in [4.78, 5) is 29.6. The van der Waals surface area contributed by atoms with E-state index in [1.54, 1.807) is 17.0 Å². The van der Waals surface area contributed by atoms with Crippen molar-refractivity contribution in [1.82, 2.24) is 4.90 Å². The minimum Gasteiger partial charge on any atom is -0.507 e. The molecule has 2 aromatic rings. The van der Waals surface area contributed by atoms with Crippen LogP contribution in [-0.2, 0) is 14.3 Å². The zero-order valence-corrected chi connectivity index (χ0v) is 21.3. The average Bonchev–Trinajstić information content (AvgIpc) is 3.15. The molecule has 0 aromatic heterocycles. The van der Waals surface area contributed by atoms with Crippen molar-refractivity contribution < 1.29 is 29.1 Å². The van der Waals surface area contributed by atoms with Crippen LogP contribution >= 0.6 is 0 Å². The number of aliphatic hydroxyl groups excluding tert-OH is 1. The molecule has 2 aliphatic rings. The number of Topliss-reactive ketones (excluding diaryl/α,β-unsaturated/α-hetero) is 1. The summed E-state index contributed by atoms with van der Waals surface area (Å²) in [5.74, 6) is -0.659. The Bertz CT molecular complexity index is 1090. The van der Waals surface area contributed by atoms with Crippen LogP contribution in [-0.4, -0.2) is 67.7 Å². The predicted octanol–water partition coefficient (Wildman–Crippen LogP) is 2.90. The monoisotopic (exact) mass is 493 g/mol. The van der Waals surface area contributed by atoms with Crippen molar-refractivity contribution in [3.05, 3.63) is 70.8 Å². The zero-order valence-electron chi connectivity index (χ0n) is 21.3. The van der Waals surface area contributed by atoms with Gasteiger partial charge in [0.25, 0.3) is 11.7 Å². The first kappa shape index (κ1) is 25.9. The van der Waals surface area contributed by atoms with Gasteiger partial charge >= 0.3 is 0 Å². The van der Waals surface area contributed by atoms with Gasteiger partial charge in [-0.15, -0.1) is 0 Å². The van der Waals surface area contributed by atoms with Gasteiger partial charge in [-0.3, -0.25) is 9.59 Å². The van der Waals surface area contributed by atoms with Crippen LogP contribution in [0.5, 0.6) is 5.75 Å². The largest absolute Gasteiger partial charge is 0.507 e. The molecule has 2 saturated heterocycles. The second-order valence-electron chi connectivity index (χ2n) is 9.60. The number of carbonyl (C=O) groups is 2. The van der Waals surface area contributed by atoms with E-state index in [0.717, 1.165) is 63.2 Å². The van der Waals surface area contributed by atoms with Crippen LogP contribution in [0.4, 0.5) is 0 Å². The molecule has 0 aliphatic carbocycles. The highest BCUT2D eigenvalue weighted by Crippen LogP contribution is 2.40. The van der Waals surface area contributed by atoms with Gasteiger partial charge in [0.05, 0.1) is 38.0 Å². The molecule has 2 fully saturated rings. The maximum absolute atomic E-state index is 13.3. The summed E-state index contributed by atoms with van der Waals surface area (Å²) in [7, 11) is 0. The molecule has 192 valence electrons. The van der Waals surface area contributed by atoms with Crippen molar-refractivity contribution in [3.63, 3.8) is 0 Å². The zero-order chi connectivity index (χ0) is 25.5. The summed E-state index contributed by atoms with van der Waals surface area (Å²) in [6.07, 6.45) is 2.73. The van der Waals surface area contributed by atoms with Crippen molar-refractivity contribution in [1.29, 1.82) is 0 Å². The van der Waals surface area contributed by atoms with Gasteiger partial charge < -0.3 is 24.4 Å². The number of aryl methyl sites for hydroxylation is 1. The Hall–Kier alpha value is -3.16. The molecule has 2 aromatic carbocycles. The summed E-state index contributed by atoms with van der Waals surface area (Å²) in [5, 5.41) is 11.3. The highest BCUT2D eigenvalue weighted by molar-refractivity contribution is 6.46. The molecule has 1 atom stereocenters. The summed E-state index contributed by atoms with van der Waals surface area (Å²) < 4.78 is 11.4. The Kier molecular flexibility index (Phi) is 8.78. The van der Waals surface area contributed by atoms with E-state index >= 15 is 0 Å². The van der Waals surface area contributed by atoms with Gasteiger partial charge in [-0.05, 0) is 31.0 Å².